The van der Waals surface area contributed by atoms with Crippen LogP contribution in [0.2, 0.25) is 0 Å². The summed E-state index contributed by atoms with van der Waals surface area (Å²) in [6.07, 6.45) is 4.90. The van der Waals surface area contributed by atoms with Crippen LogP contribution in [0.3, 0.4) is 0 Å². The number of aromatic nitrogens is 1. The molecule has 5 heteroatoms. The fourth-order valence-corrected chi connectivity index (χ4v) is 2.87. The molecule has 0 spiro atoms. The fourth-order valence-electron chi connectivity index (χ4n) is 2.87. The number of amides is 1. The van der Waals surface area contributed by atoms with Gasteiger partial charge >= 0.3 is 0 Å². The van der Waals surface area contributed by atoms with Gasteiger partial charge in [-0.1, -0.05) is 26.7 Å². The molecule has 1 fully saturated rings. The van der Waals surface area contributed by atoms with Gasteiger partial charge in [-0.3, -0.25) is 9.59 Å². The number of rotatable bonds is 3. The first kappa shape index (κ1) is 14.6. The summed E-state index contributed by atoms with van der Waals surface area (Å²) >= 11 is 0. The Morgan fingerprint density at radius 2 is 2.15 bits per heavy atom. The highest BCUT2D eigenvalue weighted by Gasteiger charge is 2.28. The van der Waals surface area contributed by atoms with E-state index in [9.17, 15) is 9.59 Å². The van der Waals surface area contributed by atoms with E-state index in [1.165, 1.54) is 23.3 Å². The summed E-state index contributed by atoms with van der Waals surface area (Å²) in [4.78, 5) is 23.7. The molecule has 3 unspecified atom stereocenters. The third-order valence-corrected chi connectivity index (χ3v) is 4.37. The number of hydrogen-bond acceptors (Lipinski definition) is 3. The third-order valence-electron chi connectivity index (χ3n) is 4.37. The number of nitrogens with zero attached hydrogens (tertiary/aromatic N) is 1. The van der Waals surface area contributed by atoms with Crippen LogP contribution >= 0.6 is 0 Å². The molecule has 1 aromatic heterocycles. The first-order valence-electron chi connectivity index (χ1n) is 7.22. The fraction of sp³-hybridized carbons (Fsp3) is 0.600. The average Bonchev–Trinajstić information content (AvgIpc) is 2.39. The Kier molecular flexibility index (Phi) is 4.47. The Balaban J connectivity index is 1.98. The molecular weight excluding hydrogens is 254 g/mol. The van der Waals surface area contributed by atoms with Crippen LogP contribution in [0.15, 0.2) is 23.1 Å². The Morgan fingerprint density at radius 3 is 2.90 bits per heavy atom. The first-order valence-corrected chi connectivity index (χ1v) is 7.22. The highest BCUT2D eigenvalue weighted by atomic mass is 16.2. The molecule has 1 aromatic rings. The molecule has 1 amide bonds. The lowest BCUT2D eigenvalue weighted by Crippen LogP contribution is -2.45. The smallest absolute Gasteiger partial charge is 0.251 e. The molecular formula is C15H23N3O2. The van der Waals surface area contributed by atoms with E-state index in [0.717, 1.165) is 12.8 Å². The number of nitrogens with one attached hydrogen (secondary N) is 1. The number of pyridine rings is 1. The second-order valence-corrected chi connectivity index (χ2v) is 5.87. The van der Waals surface area contributed by atoms with Gasteiger partial charge in [0.25, 0.3) is 5.56 Å². The maximum Gasteiger partial charge on any atom is 0.251 e. The van der Waals surface area contributed by atoms with Crippen molar-refractivity contribution in [2.45, 2.75) is 45.7 Å². The summed E-state index contributed by atoms with van der Waals surface area (Å²) in [5.74, 6) is 0.984. The highest BCUT2D eigenvalue weighted by Crippen LogP contribution is 2.29. The largest absolute Gasteiger partial charge is 0.398 e. The second kappa shape index (κ2) is 6.11. The predicted octanol–water partition coefficient (Wildman–Crippen LogP) is 1.37. The van der Waals surface area contributed by atoms with Gasteiger partial charge in [-0.15, -0.1) is 0 Å². The lowest BCUT2D eigenvalue weighted by atomic mass is 9.78. The predicted molar refractivity (Wildman–Crippen MR) is 79.2 cm³/mol. The number of nitrogens with two attached hydrogens (primary N) is 1. The lowest BCUT2D eigenvalue weighted by Gasteiger charge is -2.34. The summed E-state index contributed by atoms with van der Waals surface area (Å²) in [5.41, 5.74) is 5.91. The summed E-state index contributed by atoms with van der Waals surface area (Å²) in [6.45, 7) is 4.44. The molecule has 0 saturated heterocycles. The van der Waals surface area contributed by atoms with E-state index >= 15 is 0 Å². The van der Waals surface area contributed by atoms with Gasteiger partial charge in [0.1, 0.15) is 6.54 Å². The molecule has 110 valence electrons. The van der Waals surface area contributed by atoms with Crippen molar-refractivity contribution in [1.82, 2.24) is 9.88 Å². The van der Waals surface area contributed by atoms with Gasteiger partial charge in [-0.05, 0) is 24.3 Å². The van der Waals surface area contributed by atoms with Crippen LogP contribution in [0.4, 0.5) is 5.69 Å². The Labute approximate surface area is 119 Å². The summed E-state index contributed by atoms with van der Waals surface area (Å²) in [7, 11) is 0. The van der Waals surface area contributed by atoms with Crippen LogP contribution in [0.25, 0.3) is 0 Å². The Morgan fingerprint density at radius 1 is 1.40 bits per heavy atom. The van der Waals surface area contributed by atoms with Crippen molar-refractivity contribution in [2.75, 3.05) is 5.73 Å². The van der Waals surface area contributed by atoms with Crippen molar-refractivity contribution in [3.8, 4) is 0 Å². The van der Waals surface area contributed by atoms with Crippen molar-refractivity contribution in [2.24, 2.45) is 11.8 Å². The highest BCUT2D eigenvalue weighted by molar-refractivity contribution is 5.76. The zero-order chi connectivity index (χ0) is 14.7. The van der Waals surface area contributed by atoms with Crippen LogP contribution in [-0.2, 0) is 11.3 Å². The van der Waals surface area contributed by atoms with Crippen LogP contribution in [-0.4, -0.2) is 16.5 Å². The minimum Gasteiger partial charge on any atom is -0.398 e. The van der Waals surface area contributed by atoms with Crippen molar-refractivity contribution in [3.05, 3.63) is 28.7 Å². The average molecular weight is 277 g/mol. The van der Waals surface area contributed by atoms with Crippen molar-refractivity contribution in [1.29, 1.82) is 0 Å². The van der Waals surface area contributed by atoms with Gasteiger partial charge in [-0.25, -0.2) is 0 Å². The molecule has 3 atom stereocenters. The van der Waals surface area contributed by atoms with E-state index in [2.05, 4.69) is 19.2 Å². The van der Waals surface area contributed by atoms with E-state index in [1.54, 1.807) is 6.07 Å². The molecule has 0 aromatic carbocycles. The zero-order valence-corrected chi connectivity index (χ0v) is 12.1. The van der Waals surface area contributed by atoms with Crippen LogP contribution < -0.4 is 16.6 Å². The minimum absolute atomic E-state index is 0.0292. The van der Waals surface area contributed by atoms with Gasteiger partial charge in [-0.2, -0.15) is 0 Å². The standard InChI is InChI=1S/C15H23N3O2/c1-10-4-3-5-13(11(10)2)17-14(19)9-18-8-12(16)6-7-15(18)20/h6-8,10-11,13H,3-5,9,16H2,1-2H3,(H,17,19). The molecule has 0 aliphatic heterocycles. The van der Waals surface area contributed by atoms with E-state index < -0.39 is 0 Å². The minimum atomic E-state index is -0.209. The van der Waals surface area contributed by atoms with Gasteiger partial charge in [0, 0.05) is 24.0 Å². The topological polar surface area (TPSA) is 77.1 Å². The number of carbonyl (C=O) groups excluding carboxylic acids is 1. The van der Waals surface area contributed by atoms with Crippen molar-refractivity contribution >= 4 is 11.6 Å². The second-order valence-electron chi connectivity index (χ2n) is 5.87. The molecule has 1 saturated carbocycles. The SMILES string of the molecule is CC1CCCC(NC(=O)Cn2cc(N)ccc2=O)C1C. The maximum absolute atomic E-state index is 12.1. The van der Waals surface area contributed by atoms with Crippen LogP contribution in [0, 0.1) is 11.8 Å². The van der Waals surface area contributed by atoms with Gasteiger partial charge in [0.15, 0.2) is 0 Å². The maximum atomic E-state index is 12.1. The third kappa shape index (κ3) is 3.40. The summed E-state index contributed by atoms with van der Waals surface area (Å²) in [6, 6.07) is 3.14. The van der Waals surface area contributed by atoms with Gasteiger partial charge in [0.2, 0.25) is 5.91 Å². The molecule has 3 N–H and O–H groups in total. The van der Waals surface area contributed by atoms with Gasteiger partial charge in [0.05, 0.1) is 0 Å². The molecule has 1 aliphatic carbocycles. The van der Waals surface area contributed by atoms with Crippen LogP contribution in [0.5, 0.6) is 0 Å². The van der Waals surface area contributed by atoms with Gasteiger partial charge < -0.3 is 15.6 Å². The Bertz CT molecular complexity index is 538. The quantitative estimate of drug-likeness (QED) is 0.876. The molecule has 0 radical (unpaired) electrons. The molecule has 20 heavy (non-hydrogen) atoms. The molecule has 1 heterocycles. The van der Waals surface area contributed by atoms with E-state index in [4.69, 9.17) is 5.73 Å². The van der Waals surface area contributed by atoms with Crippen LogP contribution in [0.1, 0.15) is 33.1 Å². The molecule has 1 aliphatic rings. The Hall–Kier alpha value is -1.78. The van der Waals surface area contributed by atoms with E-state index in [-0.39, 0.29) is 24.1 Å². The molecule has 5 nitrogen and oxygen atoms in total. The van der Waals surface area contributed by atoms with E-state index in [0.29, 0.717) is 17.5 Å². The summed E-state index contributed by atoms with van der Waals surface area (Å²) in [5, 5.41) is 3.05. The number of anilines is 1. The number of carbonyl (C=O) groups is 1. The zero-order valence-electron chi connectivity index (χ0n) is 12.1. The monoisotopic (exact) mass is 277 g/mol. The number of nitrogen functional groups attached to an aromatic ring is 1. The van der Waals surface area contributed by atoms with E-state index in [1.807, 2.05) is 0 Å². The number of hydrogen-bond donors (Lipinski definition) is 2. The first-order chi connectivity index (χ1) is 9.47. The molecule has 0 bridgehead atoms. The molecule has 2 rings (SSSR count). The van der Waals surface area contributed by atoms with Crippen molar-refractivity contribution in [3.63, 3.8) is 0 Å². The van der Waals surface area contributed by atoms with Crippen molar-refractivity contribution < 1.29 is 4.79 Å². The normalized spacial score (nSPS) is 26.2. The lowest BCUT2D eigenvalue weighted by molar-refractivity contribution is -0.123. The summed E-state index contributed by atoms with van der Waals surface area (Å²) < 4.78 is 1.35.